The van der Waals surface area contributed by atoms with Crippen LogP contribution in [0.5, 0.6) is 0 Å². The number of nitrogens with one attached hydrogen (secondary N) is 1. The number of aliphatic imine (C=N–C) groups is 1. The summed E-state index contributed by atoms with van der Waals surface area (Å²) in [5, 5.41) is 14.0. The zero-order valence-electron chi connectivity index (χ0n) is 16.4. The SMILES string of the molecule is CCNC(=NCC1CCN(Cc2ccccc2Cl)CC1)N1CCC(O)CC1. The van der Waals surface area contributed by atoms with Crippen LogP contribution in [0.1, 0.15) is 38.2 Å². The van der Waals surface area contributed by atoms with Gasteiger partial charge in [0.05, 0.1) is 6.10 Å². The highest BCUT2D eigenvalue weighted by molar-refractivity contribution is 6.31. The number of hydrogen-bond donors (Lipinski definition) is 2. The molecule has 2 aliphatic heterocycles. The molecule has 2 N–H and O–H groups in total. The highest BCUT2D eigenvalue weighted by atomic mass is 35.5. The van der Waals surface area contributed by atoms with Crippen molar-refractivity contribution in [3.63, 3.8) is 0 Å². The van der Waals surface area contributed by atoms with Gasteiger partial charge in [0.1, 0.15) is 0 Å². The van der Waals surface area contributed by atoms with Crippen molar-refractivity contribution in [3.05, 3.63) is 34.9 Å². The van der Waals surface area contributed by atoms with Gasteiger partial charge in [-0.1, -0.05) is 29.8 Å². The summed E-state index contributed by atoms with van der Waals surface area (Å²) in [5.41, 5.74) is 1.22. The number of halogens is 1. The van der Waals surface area contributed by atoms with E-state index < -0.39 is 0 Å². The third kappa shape index (κ3) is 6.09. The van der Waals surface area contributed by atoms with Crippen molar-refractivity contribution in [1.82, 2.24) is 15.1 Å². The van der Waals surface area contributed by atoms with Crippen molar-refractivity contribution in [1.29, 1.82) is 0 Å². The third-order valence-corrected chi connectivity index (χ3v) is 6.03. The summed E-state index contributed by atoms with van der Waals surface area (Å²) < 4.78 is 0. The van der Waals surface area contributed by atoms with E-state index >= 15 is 0 Å². The number of rotatable bonds is 5. The molecule has 0 spiro atoms. The molecular formula is C21H33ClN4O. The number of hydrogen-bond acceptors (Lipinski definition) is 3. The Morgan fingerprint density at radius 3 is 2.52 bits per heavy atom. The second-order valence-electron chi connectivity index (χ2n) is 7.72. The van der Waals surface area contributed by atoms with Crippen LogP contribution in [0.25, 0.3) is 0 Å². The summed E-state index contributed by atoms with van der Waals surface area (Å²) >= 11 is 6.30. The van der Waals surface area contributed by atoms with E-state index in [0.717, 1.165) is 69.6 Å². The maximum atomic E-state index is 9.72. The highest BCUT2D eigenvalue weighted by Gasteiger charge is 2.22. The van der Waals surface area contributed by atoms with Gasteiger partial charge in [-0.2, -0.15) is 0 Å². The number of likely N-dealkylation sites (tertiary alicyclic amines) is 2. The normalized spacial score (nSPS) is 20.9. The lowest BCUT2D eigenvalue weighted by Crippen LogP contribution is -2.47. The summed E-state index contributed by atoms with van der Waals surface area (Å²) in [6, 6.07) is 8.14. The number of piperidine rings is 2. The summed E-state index contributed by atoms with van der Waals surface area (Å²) in [7, 11) is 0. The van der Waals surface area contributed by atoms with E-state index in [1.54, 1.807) is 0 Å². The molecule has 2 heterocycles. The average Bonchev–Trinajstić information content (AvgIpc) is 2.69. The first-order chi connectivity index (χ1) is 13.2. The van der Waals surface area contributed by atoms with Crippen LogP contribution in [0, 0.1) is 5.92 Å². The van der Waals surface area contributed by atoms with Crippen LogP contribution in [0.4, 0.5) is 0 Å². The van der Waals surface area contributed by atoms with Gasteiger partial charge in [0.2, 0.25) is 0 Å². The molecule has 3 rings (SSSR count). The molecule has 5 nitrogen and oxygen atoms in total. The first kappa shape index (κ1) is 20.4. The maximum Gasteiger partial charge on any atom is 0.193 e. The van der Waals surface area contributed by atoms with E-state index in [-0.39, 0.29) is 6.10 Å². The van der Waals surface area contributed by atoms with E-state index in [1.807, 2.05) is 12.1 Å². The summed E-state index contributed by atoms with van der Waals surface area (Å²) in [4.78, 5) is 9.71. The van der Waals surface area contributed by atoms with Crippen LogP contribution < -0.4 is 5.32 Å². The molecule has 27 heavy (non-hydrogen) atoms. The molecular weight excluding hydrogens is 360 g/mol. The van der Waals surface area contributed by atoms with E-state index in [0.29, 0.717) is 5.92 Å². The van der Waals surface area contributed by atoms with Crippen LogP contribution >= 0.6 is 11.6 Å². The van der Waals surface area contributed by atoms with Gasteiger partial charge >= 0.3 is 0 Å². The lowest BCUT2D eigenvalue weighted by Gasteiger charge is -2.34. The predicted molar refractivity (Wildman–Crippen MR) is 112 cm³/mol. The largest absolute Gasteiger partial charge is 0.393 e. The number of aliphatic hydroxyl groups excluding tert-OH is 1. The number of benzene rings is 1. The van der Waals surface area contributed by atoms with Gasteiger partial charge in [-0.05, 0) is 63.2 Å². The zero-order chi connectivity index (χ0) is 19.1. The summed E-state index contributed by atoms with van der Waals surface area (Å²) in [5.74, 6) is 1.67. The Hall–Kier alpha value is -1.30. The van der Waals surface area contributed by atoms with Gasteiger partial charge in [-0.15, -0.1) is 0 Å². The van der Waals surface area contributed by atoms with E-state index in [2.05, 4.69) is 34.2 Å². The van der Waals surface area contributed by atoms with E-state index in [9.17, 15) is 5.11 Å². The van der Waals surface area contributed by atoms with Gasteiger partial charge in [0, 0.05) is 37.7 Å². The van der Waals surface area contributed by atoms with Crippen molar-refractivity contribution in [3.8, 4) is 0 Å². The van der Waals surface area contributed by atoms with Gasteiger partial charge in [0.15, 0.2) is 5.96 Å². The zero-order valence-corrected chi connectivity index (χ0v) is 17.2. The lowest BCUT2D eigenvalue weighted by atomic mass is 9.96. The van der Waals surface area contributed by atoms with Crippen molar-refractivity contribution in [2.24, 2.45) is 10.9 Å². The number of aliphatic hydroxyl groups is 1. The predicted octanol–water partition coefficient (Wildman–Crippen LogP) is 2.97. The smallest absolute Gasteiger partial charge is 0.193 e. The fraction of sp³-hybridized carbons (Fsp3) is 0.667. The molecule has 0 aliphatic carbocycles. The Morgan fingerprint density at radius 1 is 1.15 bits per heavy atom. The Labute approximate surface area is 168 Å². The van der Waals surface area contributed by atoms with Gasteiger partial charge in [-0.3, -0.25) is 9.89 Å². The van der Waals surface area contributed by atoms with Crippen LogP contribution in [-0.2, 0) is 6.54 Å². The average molecular weight is 393 g/mol. The van der Waals surface area contributed by atoms with Crippen molar-refractivity contribution < 1.29 is 5.11 Å². The summed E-state index contributed by atoms with van der Waals surface area (Å²) in [6.45, 7) is 8.83. The molecule has 0 saturated carbocycles. The van der Waals surface area contributed by atoms with Gasteiger partial charge in [-0.25, -0.2) is 0 Å². The minimum absolute atomic E-state index is 0.147. The Bertz CT molecular complexity index is 608. The highest BCUT2D eigenvalue weighted by Crippen LogP contribution is 2.22. The Kier molecular flexibility index (Phi) is 7.80. The van der Waals surface area contributed by atoms with Gasteiger partial charge < -0.3 is 15.3 Å². The van der Waals surface area contributed by atoms with Crippen LogP contribution in [0.15, 0.2) is 29.3 Å². The molecule has 0 aromatic heterocycles. The molecule has 2 fully saturated rings. The third-order valence-electron chi connectivity index (χ3n) is 5.66. The summed E-state index contributed by atoms with van der Waals surface area (Å²) in [6.07, 6.45) is 3.90. The first-order valence-electron chi connectivity index (χ1n) is 10.3. The molecule has 2 aliphatic rings. The topological polar surface area (TPSA) is 51.1 Å². The minimum Gasteiger partial charge on any atom is -0.393 e. The fourth-order valence-corrected chi connectivity index (χ4v) is 4.11. The lowest BCUT2D eigenvalue weighted by molar-refractivity contribution is 0.108. The first-order valence-corrected chi connectivity index (χ1v) is 10.7. The fourth-order valence-electron chi connectivity index (χ4n) is 3.91. The van der Waals surface area contributed by atoms with Crippen molar-refractivity contribution in [2.75, 3.05) is 39.3 Å². The van der Waals surface area contributed by atoms with Gasteiger partial charge in [0.25, 0.3) is 0 Å². The number of guanidine groups is 1. The Morgan fingerprint density at radius 2 is 1.85 bits per heavy atom. The number of nitrogens with zero attached hydrogens (tertiary/aromatic N) is 3. The van der Waals surface area contributed by atoms with Crippen molar-refractivity contribution in [2.45, 2.75) is 45.3 Å². The monoisotopic (exact) mass is 392 g/mol. The molecule has 1 aromatic carbocycles. The molecule has 150 valence electrons. The quantitative estimate of drug-likeness (QED) is 0.597. The molecule has 0 bridgehead atoms. The molecule has 0 unspecified atom stereocenters. The molecule has 0 radical (unpaired) electrons. The molecule has 0 amide bonds. The van der Waals surface area contributed by atoms with Crippen LogP contribution in [-0.4, -0.2) is 66.2 Å². The molecule has 2 saturated heterocycles. The standard InChI is InChI=1S/C21H33ClN4O/c1-2-23-21(26-13-9-19(27)10-14-26)24-15-17-7-11-25(12-8-17)16-18-5-3-4-6-20(18)22/h3-6,17,19,27H,2,7-16H2,1H3,(H,23,24). The van der Waals surface area contributed by atoms with E-state index in [1.165, 1.54) is 18.4 Å². The second kappa shape index (κ2) is 10.3. The Balaban J connectivity index is 1.47. The van der Waals surface area contributed by atoms with Crippen LogP contribution in [0.3, 0.4) is 0 Å². The maximum absolute atomic E-state index is 9.72. The molecule has 0 atom stereocenters. The molecule has 6 heteroatoms. The second-order valence-corrected chi connectivity index (χ2v) is 8.13. The van der Waals surface area contributed by atoms with Crippen LogP contribution in [0.2, 0.25) is 5.02 Å². The van der Waals surface area contributed by atoms with Crippen molar-refractivity contribution >= 4 is 17.6 Å². The van der Waals surface area contributed by atoms with E-state index in [4.69, 9.17) is 16.6 Å². The minimum atomic E-state index is -0.147. The molecule has 1 aromatic rings.